The molecule has 1 unspecified atom stereocenters. The molecule has 32 heavy (non-hydrogen) atoms. The summed E-state index contributed by atoms with van der Waals surface area (Å²) in [6, 6.07) is 11.0. The highest BCUT2D eigenvalue weighted by atomic mass is 35.5. The molecular weight excluding hydrogens is 450 g/mol. The number of benzene rings is 1. The van der Waals surface area contributed by atoms with Crippen LogP contribution in [0.25, 0.3) is 10.6 Å². The summed E-state index contributed by atoms with van der Waals surface area (Å²) in [6.45, 7) is 5.38. The Morgan fingerprint density at radius 1 is 1.28 bits per heavy atom. The zero-order valence-corrected chi connectivity index (χ0v) is 19.5. The van der Waals surface area contributed by atoms with Crippen molar-refractivity contribution >= 4 is 34.6 Å². The number of aromatic nitrogens is 2. The SMILES string of the molecule is CC(=O)c1ccc(OCC2CN(C(=O)Cn3ccc(-c4ccc(Cl)s4)n3)CCO2)cc1C. The fraction of sp³-hybridized carbons (Fsp3) is 0.348. The molecule has 0 spiro atoms. The first-order valence-electron chi connectivity index (χ1n) is 10.3. The number of rotatable bonds is 7. The molecule has 4 rings (SSSR count). The van der Waals surface area contributed by atoms with Crippen LogP contribution in [-0.2, 0) is 16.1 Å². The minimum absolute atomic E-state index is 0.0150. The molecule has 0 radical (unpaired) electrons. The molecule has 7 nitrogen and oxygen atoms in total. The Morgan fingerprint density at radius 3 is 2.84 bits per heavy atom. The van der Waals surface area contributed by atoms with Gasteiger partial charge in [-0.05, 0) is 55.8 Å². The molecule has 1 amide bonds. The third kappa shape index (κ3) is 5.38. The van der Waals surface area contributed by atoms with Gasteiger partial charge in [-0.1, -0.05) is 11.6 Å². The summed E-state index contributed by atoms with van der Waals surface area (Å²) < 4.78 is 14.0. The van der Waals surface area contributed by atoms with Gasteiger partial charge in [0.25, 0.3) is 0 Å². The molecule has 1 aliphatic rings. The second-order valence-corrected chi connectivity index (χ2v) is 9.39. The molecule has 1 aromatic carbocycles. The maximum atomic E-state index is 12.8. The summed E-state index contributed by atoms with van der Waals surface area (Å²) in [4.78, 5) is 27.1. The van der Waals surface area contributed by atoms with Crippen molar-refractivity contribution in [3.05, 3.63) is 58.1 Å². The topological polar surface area (TPSA) is 73.7 Å². The predicted octanol–water partition coefficient (Wildman–Crippen LogP) is 4.08. The highest BCUT2D eigenvalue weighted by Crippen LogP contribution is 2.29. The first-order chi connectivity index (χ1) is 15.4. The van der Waals surface area contributed by atoms with E-state index in [0.29, 0.717) is 42.0 Å². The van der Waals surface area contributed by atoms with E-state index in [2.05, 4.69) is 5.10 Å². The Bertz CT molecular complexity index is 1130. The Morgan fingerprint density at radius 2 is 2.12 bits per heavy atom. The van der Waals surface area contributed by atoms with E-state index >= 15 is 0 Å². The lowest BCUT2D eigenvalue weighted by molar-refractivity contribution is -0.140. The van der Waals surface area contributed by atoms with Crippen LogP contribution in [0.3, 0.4) is 0 Å². The van der Waals surface area contributed by atoms with Gasteiger partial charge in [-0.15, -0.1) is 11.3 Å². The van der Waals surface area contributed by atoms with Gasteiger partial charge in [-0.2, -0.15) is 5.10 Å². The van der Waals surface area contributed by atoms with Crippen molar-refractivity contribution in [1.29, 1.82) is 0 Å². The first kappa shape index (κ1) is 22.5. The van der Waals surface area contributed by atoms with E-state index < -0.39 is 0 Å². The average molecular weight is 474 g/mol. The van der Waals surface area contributed by atoms with Crippen LogP contribution in [0.1, 0.15) is 22.8 Å². The van der Waals surface area contributed by atoms with E-state index in [1.807, 2.05) is 31.2 Å². The number of thiophene rings is 1. The molecule has 1 saturated heterocycles. The number of halogens is 1. The number of hydrogen-bond donors (Lipinski definition) is 0. The number of nitrogens with zero attached hydrogens (tertiary/aromatic N) is 3. The molecule has 9 heteroatoms. The van der Waals surface area contributed by atoms with Crippen molar-refractivity contribution < 1.29 is 19.1 Å². The normalized spacial score (nSPS) is 16.2. The number of hydrogen-bond acceptors (Lipinski definition) is 6. The predicted molar refractivity (Wildman–Crippen MR) is 124 cm³/mol. The Labute approximate surface area is 195 Å². The third-order valence-electron chi connectivity index (χ3n) is 5.27. The third-order valence-corrected chi connectivity index (χ3v) is 6.52. The van der Waals surface area contributed by atoms with Crippen molar-refractivity contribution in [2.24, 2.45) is 0 Å². The minimum Gasteiger partial charge on any atom is -0.491 e. The van der Waals surface area contributed by atoms with E-state index in [1.165, 1.54) is 11.3 Å². The summed E-state index contributed by atoms with van der Waals surface area (Å²) in [6.07, 6.45) is 1.58. The molecule has 2 aromatic heterocycles. The summed E-state index contributed by atoms with van der Waals surface area (Å²) in [5, 5.41) is 4.49. The van der Waals surface area contributed by atoms with Gasteiger partial charge in [0.15, 0.2) is 5.78 Å². The van der Waals surface area contributed by atoms with Gasteiger partial charge in [0, 0.05) is 18.3 Å². The standard InChI is InChI=1S/C23H24ClN3O4S/c1-15-11-17(3-4-19(15)16(2)28)31-14-18-12-26(9-10-30-18)23(29)13-27-8-7-20(25-27)21-5-6-22(24)32-21/h3-8,11,18H,9-10,12-14H2,1-2H3. The van der Waals surface area contributed by atoms with E-state index in [1.54, 1.807) is 34.8 Å². The van der Waals surface area contributed by atoms with Crippen molar-refractivity contribution in [2.75, 3.05) is 26.3 Å². The summed E-state index contributed by atoms with van der Waals surface area (Å²) in [5.41, 5.74) is 2.36. The fourth-order valence-corrected chi connectivity index (χ4v) is 4.64. The molecule has 3 aromatic rings. The zero-order valence-electron chi connectivity index (χ0n) is 17.9. The number of morpholine rings is 1. The highest BCUT2D eigenvalue weighted by molar-refractivity contribution is 7.19. The van der Waals surface area contributed by atoms with Gasteiger partial charge in [0.05, 0.1) is 22.4 Å². The molecule has 1 aliphatic heterocycles. The van der Waals surface area contributed by atoms with E-state index in [0.717, 1.165) is 16.1 Å². The van der Waals surface area contributed by atoms with Crippen LogP contribution in [-0.4, -0.2) is 58.8 Å². The Kier molecular flexibility index (Phi) is 6.93. The summed E-state index contributed by atoms with van der Waals surface area (Å²) >= 11 is 7.45. The molecule has 0 bridgehead atoms. The van der Waals surface area contributed by atoms with E-state index in [4.69, 9.17) is 21.1 Å². The van der Waals surface area contributed by atoms with Crippen LogP contribution in [0.15, 0.2) is 42.6 Å². The molecule has 168 valence electrons. The second kappa shape index (κ2) is 9.85. The van der Waals surface area contributed by atoms with Crippen LogP contribution in [0.2, 0.25) is 4.34 Å². The molecule has 1 atom stereocenters. The fourth-order valence-electron chi connectivity index (χ4n) is 3.63. The largest absolute Gasteiger partial charge is 0.491 e. The Hall–Kier alpha value is -2.68. The number of ketones is 1. The van der Waals surface area contributed by atoms with Gasteiger partial charge in [-0.3, -0.25) is 14.3 Å². The van der Waals surface area contributed by atoms with Crippen LogP contribution >= 0.6 is 22.9 Å². The first-order valence-corrected chi connectivity index (χ1v) is 11.5. The van der Waals surface area contributed by atoms with Gasteiger partial charge in [-0.25, -0.2) is 0 Å². The molecule has 1 fully saturated rings. The smallest absolute Gasteiger partial charge is 0.244 e. The Balaban J connectivity index is 1.31. The van der Waals surface area contributed by atoms with Gasteiger partial charge >= 0.3 is 0 Å². The van der Waals surface area contributed by atoms with Gasteiger partial charge < -0.3 is 14.4 Å². The minimum atomic E-state index is -0.220. The number of ether oxygens (including phenoxy) is 2. The number of carbonyl (C=O) groups excluding carboxylic acids is 2. The molecule has 0 saturated carbocycles. The molecule has 0 aliphatic carbocycles. The van der Waals surface area contributed by atoms with E-state index in [9.17, 15) is 9.59 Å². The molecular formula is C23H24ClN3O4S. The molecule has 3 heterocycles. The highest BCUT2D eigenvalue weighted by Gasteiger charge is 2.25. The second-order valence-electron chi connectivity index (χ2n) is 7.68. The van der Waals surface area contributed by atoms with Crippen LogP contribution in [0, 0.1) is 6.92 Å². The van der Waals surface area contributed by atoms with Crippen molar-refractivity contribution in [2.45, 2.75) is 26.5 Å². The number of carbonyl (C=O) groups is 2. The summed E-state index contributed by atoms with van der Waals surface area (Å²) in [7, 11) is 0. The van der Waals surface area contributed by atoms with Crippen molar-refractivity contribution in [3.63, 3.8) is 0 Å². The monoisotopic (exact) mass is 473 g/mol. The number of Topliss-reactive ketones (excluding diaryl/α,β-unsaturated/α-hetero) is 1. The summed E-state index contributed by atoms with van der Waals surface area (Å²) in [5.74, 6) is 0.693. The van der Waals surface area contributed by atoms with Crippen LogP contribution in [0.5, 0.6) is 5.75 Å². The zero-order chi connectivity index (χ0) is 22.7. The van der Waals surface area contributed by atoms with Crippen molar-refractivity contribution in [1.82, 2.24) is 14.7 Å². The lowest BCUT2D eigenvalue weighted by atomic mass is 10.1. The van der Waals surface area contributed by atoms with E-state index in [-0.39, 0.29) is 24.3 Å². The van der Waals surface area contributed by atoms with Crippen LogP contribution in [0.4, 0.5) is 0 Å². The van der Waals surface area contributed by atoms with Gasteiger partial charge in [0.2, 0.25) is 5.91 Å². The maximum Gasteiger partial charge on any atom is 0.244 e. The number of aryl methyl sites for hydroxylation is 1. The molecule has 0 N–H and O–H groups in total. The average Bonchev–Trinajstić information content (AvgIpc) is 3.41. The van der Waals surface area contributed by atoms with Crippen LogP contribution < -0.4 is 4.74 Å². The van der Waals surface area contributed by atoms with Gasteiger partial charge in [0.1, 0.15) is 30.7 Å². The maximum absolute atomic E-state index is 12.8. The van der Waals surface area contributed by atoms with Crippen molar-refractivity contribution in [3.8, 4) is 16.3 Å². The quantitative estimate of drug-likeness (QED) is 0.483. The lowest BCUT2D eigenvalue weighted by Gasteiger charge is -2.32. The lowest BCUT2D eigenvalue weighted by Crippen LogP contribution is -2.48. The number of amides is 1.